The molecule has 0 saturated carbocycles. The minimum Gasteiger partial charge on any atom is -0.315 e. The molecule has 3 aromatic heterocycles. The monoisotopic (exact) mass is 473 g/mol. The maximum atomic E-state index is 4.60. The van der Waals surface area contributed by atoms with Gasteiger partial charge in [0, 0.05) is 64.4 Å². The first-order valence-corrected chi connectivity index (χ1v) is 12.9. The van der Waals surface area contributed by atoms with Crippen molar-refractivity contribution in [3.8, 4) is 0 Å². The van der Waals surface area contributed by atoms with E-state index < -0.39 is 0 Å². The Morgan fingerprint density at radius 2 is 0.971 bits per heavy atom. The zero-order chi connectivity index (χ0) is 24.0. The van der Waals surface area contributed by atoms with Gasteiger partial charge in [-0.3, -0.25) is 29.7 Å². The van der Waals surface area contributed by atoms with Gasteiger partial charge in [0.25, 0.3) is 0 Å². The van der Waals surface area contributed by atoms with Crippen molar-refractivity contribution in [1.29, 1.82) is 0 Å². The lowest BCUT2D eigenvalue weighted by atomic mass is 10.2. The lowest BCUT2D eigenvalue weighted by Gasteiger charge is -2.29. The number of nitrogens with zero attached hydrogens (tertiary/aromatic N) is 6. The lowest BCUT2D eigenvalue weighted by molar-refractivity contribution is 0.172. The van der Waals surface area contributed by atoms with Crippen molar-refractivity contribution < 1.29 is 0 Å². The summed E-state index contributed by atoms with van der Waals surface area (Å²) in [4.78, 5) is 21.4. The van der Waals surface area contributed by atoms with Crippen molar-refractivity contribution in [3.05, 3.63) is 90.3 Å². The third-order valence-corrected chi connectivity index (χ3v) is 6.45. The summed E-state index contributed by atoms with van der Waals surface area (Å²) in [6.07, 6.45) is 7.94. The van der Waals surface area contributed by atoms with Gasteiger partial charge in [-0.05, 0) is 75.4 Å². The van der Waals surface area contributed by atoms with Gasteiger partial charge in [0.2, 0.25) is 0 Å². The Labute approximate surface area is 210 Å². The summed E-state index contributed by atoms with van der Waals surface area (Å²) >= 11 is 0. The molecule has 4 heterocycles. The van der Waals surface area contributed by atoms with Gasteiger partial charge in [0.15, 0.2) is 0 Å². The predicted octanol–water partition coefficient (Wildman–Crippen LogP) is 3.06. The highest BCUT2D eigenvalue weighted by molar-refractivity contribution is 5.05. The molecule has 0 radical (unpaired) electrons. The van der Waals surface area contributed by atoms with Crippen LogP contribution in [0.15, 0.2) is 73.2 Å². The molecule has 1 aliphatic rings. The molecule has 0 bridgehead atoms. The first-order chi connectivity index (χ1) is 17.3. The second-order valence-electron chi connectivity index (χ2n) is 9.25. The Kier molecular flexibility index (Phi) is 10.6. The molecular weight excluding hydrogens is 434 g/mol. The van der Waals surface area contributed by atoms with E-state index in [-0.39, 0.29) is 0 Å². The second-order valence-corrected chi connectivity index (χ2v) is 9.25. The summed E-state index contributed by atoms with van der Waals surface area (Å²) in [5.74, 6) is 0. The normalized spacial score (nSPS) is 18.2. The van der Waals surface area contributed by atoms with Crippen LogP contribution in [0.3, 0.4) is 0 Å². The quantitative estimate of drug-likeness (QED) is 0.590. The second kappa shape index (κ2) is 14.6. The largest absolute Gasteiger partial charge is 0.315 e. The zero-order valence-corrected chi connectivity index (χ0v) is 20.8. The van der Waals surface area contributed by atoms with Crippen LogP contribution in [0.5, 0.6) is 0 Å². The van der Waals surface area contributed by atoms with E-state index >= 15 is 0 Å². The lowest BCUT2D eigenvalue weighted by Crippen LogP contribution is -2.39. The highest BCUT2D eigenvalue weighted by Crippen LogP contribution is 2.08. The Balaban J connectivity index is 1.40. The summed E-state index contributed by atoms with van der Waals surface area (Å²) in [6, 6.07) is 18.6. The Morgan fingerprint density at radius 1 is 0.514 bits per heavy atom. The summed E-state index contributed by atoms with van der Waals surface area (Å²) < 4.78 is 0. The molecule has 35 heavy (non-hydrogen) atoms. The van der Waals surface area contributed by atoms with Gasteiger partial charge >= 0.3 is 0 Å². The molecular formula is C28H39N7. The topological polar surface area (TPSA) is 60.4 Å². The molecule has 1 saturated heterocycles. The van der Waals surface area contributed by atoms with Gasteiger partial charge in [-0.2, -0.15) is 0 Å². The first kappa shape index (κ1) is 25.4. The van der Waals surface area contributed by atoms with Gasteiger partial charge in [0.1, 0.15) is 0 Å². The third-order valence-electron chi connectivity index (χ3n) is 6.45. The molecule has 1 N–H and O–H groups in total. The van der Waals surface area contributed by atoms with Crippen LogP contribution in [0.4, 0.5) is 0 Å². The van der Waals surface area contributed by atoms with Crippen molar-refractivity contribution >= 4 is 0 Å². The maximum Gasteiger partial charge on any atom is 0.0543 e. The minimum absolute atomic E-state index is 0.889. The number of hydrogen-bond donors (Lipinski definition) is 1. The average molecular weight is 474 g/mol. The van der Waals surface area contributed by atoms with E-state index in [2.05, 4.69) is 71.4 Å². The fraction of sp³-hybridized carbons (Fsp3) is 0.464. The highest BCUT2D eigenvalue weighted by Gasteiger charge is 2.14. The molecule has 7 heteroatoms. The van der Waals surface area contributed by atoms with E-state index in [0.717, 1.165) is 102 Å². The third kappa shape index (κ3) is 9.45. The fourth-order valence-electron chi connectivity index (χ4n) is 4.56. The number of hydrogen-bond acceptors (Lipinski definition) is 7. The Morgan fingerprint density at radius 3 is 1.43 bits per heavy atom. The van der Waals surface area contributed by atoms with E-state index in [4.69, 9.17) is 0 Å². The molecule has 7 nitrogen and oxygen atoms in total. The zero-order valence-electron chi connectivity index (χ0n) is 20.8. The fourth-order valence-corrected chi connectivity index (χ4v) is 4.56. The number of rotatable bonds is 6. The van der Waals surface area contributed by atoms with Crippen LogP contribution >= 0.6 is 0 Å². The summed E-state index contributed by atoms with van der Waals surface area (Å²) in [7, 11) is 0. The molecule has 0 amide bonds. The molecule has 0 unspecified atom stereocenters. The Bertz CT molecular complexity index is 939. The van der Waals surface area contributed by atoms with Gasteiger partial charge in [-0.25, -0.2) is 0 Å². The van der Waals surface area contributed by atoms with Crippen LogP contribution in [-0.2, 0) is 19.6 Å². The van der Waals surface area contributed by atoms with E-state index in [0.29, 0.717) is 0 Å². The molecule has 4 rings (SSSR count). The van der Waals surface area contributed by atoms with E-state index in [1.54, 1.807) is 0 Å². The van der Waals surface area contributed by atoms with Crippen molar-refractivity contribution in [2.75, 3.05) is 52.4 Å². The molecule has 0 spiro atoms. The van der Waals surface area contributed by atoms with Crippen LogP contribution in [0, 0.1) is 0 Å². The van der Waals surface area contributed by atoms with Gasteiger partial charge in [-0.15, -0.1) is 0 Å². The summed E-state index contributed by atoms with van der Waals surface area (Å²) in [5, 5.41) is 3.66. The number of pyridine rings is 3. The molecule has 3 aromatic rings. The minimum atomic E-state index is 0.889. The highest BCUT2D eigenvalue weighted by atomic mass is 15.2. The smallest absolute Gasteiger partial charge is 0.0543 e. The number of nitrogens with one attached hydrogen (secondary N) is 1. The van der Waals surface area contributed by atoms with Crippen LogP contribution < -0.4 is 5.32 Å². The standard InChI is InChI=1S/C28H39N7/c1-4-13-30-26(9-1)23-33-18-8-19-35(25-28-11-3-6-15-32-28)22-21-34(17-7-12-29-16-20-33)24-27-10-2-5-14-31-27/h1-6,9-11,13-15,29H,7-8,12,16-25H2. The predicted molar refractivity (Wildman–Crippen MR) is 141 cm³/mol. The average Bonchev–Trinajstić information content (AvgIpc) is 2.90. The van der Waals surface area contributed by atoms with E-state index in [1.807, 2.05) is 36.8 Å². The molecule has 0 atom stereocenters. The summed E-state index contributed by atoms with van der Waals surface area (Å²) in [6.45, 7) is 11.0. The van der Waals surface area contributed by atoms with Crippen molar-refractivity contribution in [1.82, 2.24) is 35.0 Å². The van der Waals surface area contributed by atoms with Gasteiger partial charge in [-0.1, -0.05) is 18.2 Å². The van der Waals surface area contributed by atoms with Crippen molar-refractivity contribution in [2.45, 2.75) is 32.5 Å². The Hall–Kier alpha value is -2.71. The van der Waals surface area contributed by atoms with E-state index in [9.17, 15) is 0 Å². The van der Waals surface area contributed by atoms with Crippen LogP contribution in [-0.4, -0.2) is 82.0 Å². The molecule has 1 fully saturated rings. The van der Waals surface area contributed by atoms with Gasteiger partial charge < -0.3 is 5.32 Å². The molecule has 0 aliphatic carbocycles. The SMILES string of the molecule is c1ccc(CN2CCCN(Cc3ccccn3)CCN(Cc3ccccn3)CCCNCC2)nc1. The maximum absolute atomic E-state index is 4.60. The molecule has 0 aromatic carbocycles. The first-order valence-electron chi connectivity index (χ1n) is 12.9. The van der Waals surface area contributed by atoms with Crippen LogP contribution in [0.25, 0.3) is 0 Å². The van der Waals surface area contributed by atoms with Crippen LogP contribution in [0.2, 0.25) is 0 Å². The van der Waals surface area contributed by atoms with Crippen molar-refractivity contribution in [3.63, 3.8) is 0 Å². The van der Waals surface area contributed by atoms with Gasteiger partial charge in [0.05, 0.1) is 17.1 Å². The number of aromatic nitrogens is 3. The van der Waals surface area contributed by atoms with Crippen LogP contribution in [0.1, 0.15) is 29.9 Å². The van der Waals surface area contributed by atoms with E-state index in [1.165, 1.54) is 0 Å². The van der Waals surface area contributed by atoms with Crippen molar-refractivity contribution in [2.24, 2.45) is 0 Å². The molecule has 1 aliphatic heterocycles. The summed E-state index contributed by atoms with van der Waals surface area (Å²) in [5.41, 5.74) is 3.42. The molecule has 186 valence electrons.